The fraction of sp³-hybridized carbons (Fsp3) is 0.120. The van der Waals surface area contributed by atoms with Crippen molar-refractivity contribution in [1.82, 2.24) is 15.1 Å². The van der Waals surface area contributed by atoms with Gasteiger partial charge in [0, 0.05) is 16.8 Å². The summed E-state index contributed by atoms with van der Waals surface area (Å²) in [5, 5.41) is 13.7. The number of nitrogens with zero attached hydrogens (tertiary/aromatic N) is 2. The lowest BCUT2D eigenvalue weighted by atomic mass is 10.1. The number of para-hydroxylation sites is 1. The number of hydrogen-bond acceptors (Lipinski definition) is 4. The van der Waals surface area contributed by atoms with E-state index in [1.165, 1.54) is 0 Å². The van der Waals surface area contributed by atoms with E-state index < -0.39 is 0 Å². The third-order valence-electron chi connectivity index (χ3n) is 5.13. The van der Waals surface area contributed by atoms with E-state index in [4.69, 9.17) is 0 Å². The Morgan fingerprint density at radius 1 is 0.879 bits per heavy atom. The molecule has 33 heavy (non-hydrogen) atoms. The first-order chi connectivity index (χ1) is 16.0. The predicted molar refractivity (Wildman–Crippen MR) is 128 cm³/mol. The van der Waals surface area contributed by atoms with Crippen LogP contribution in [0.5, 0.6) is 0 Å². The van der Waals surface area contributed by atoms with Gasteiger partial charge in [-0.3, -0.25) is 9.59 Å². The summed E-state index contributed by atoms with van der Waals surface area (Å²) < 4.78 is 1.16. The van der Waals surface area contributed by atoms with Crippen molar-refractivity contribution in [3.05, 3.63) is 101 Å². The molecule has 0 spiro atoms. The van der Waals surface area contributed by atoms with E-state index in [-0.39, 0.29) is 30.1 Å². The van der Waals surface area contributed by atoms with Gasteiger partial charge in [0.15, 0.2) is 0 Å². The van der Waals surface area contributed by atoms with Crippen molar-refractivity contribution in [2.45, 2.75) is 19.5 Å². The van der Waals surface area contributed by atoms with Crippen LogP contribution in [0.15, 0.2) is 89.9 Å². The van der Waals surface area contributed by atoms with Crippen LogP contribution < -0.4 is 21.5 Å². The lowest BCUT2D eigenvalue weighted by Crippen LogP contribution is -2.34. The molecule has 4 rings (SSSR count). The van der Waals surface area contributed by atoms with Crippen molar-refractivity contribution in [1.29, 1.82) is 0 Å². The molecule has 1 aromatic heterocycles. The number of anilines is 2. The molecule has 0 aliphatic rings. The molecule has 0 aliphatic carbocycles. The van der Waals surface area contributed by atoms with Crippen LogP contribution in [0.4, 0.5) is 16.2 Å². The predicted octanol–water partition coefficient (Wildman–Crippen LogP) is 3.92. The van der Waals surface area contributed by atoms with Crippen molar-refractivity contribution in [2.75, 3.05) is 10.6 Å². The van der Waals surface area contributed by atoms with E-state index >= 15 is 0 Å². The van der Waals surface area contributed by atoms with E-state index in [0.717, 1.165) is 15.6 Å². The van der Waals surface area contributed by atoms with Gasteiger partial charge in [-0.15, -0.1) is 0 Å². The molecule has 0 bridgehead atoms. The second-order valence-electron chi connectivity index (χ2n) is 7.55. The van der Waals surface area contributed by atoms with E-state index in [1.807, 2.05) is 43.3 Å². The molecule has 4 aromatic rings. The minimum atomic E-state index is -0.344. The number of nitrogens with one attached hydrogen (secondary N) is 3. The lowest BCUT2D eigenvalue weighted by molar-refractivity contribution is -0.122. The van der Waals surface area contributed by atoms with E-state index in [9.17, 15) is 14.4 Å². The number of carbonyl (C=O) groups is 2. The second-order valence-corrected chi connectivity index (χ2v) is 7.55. The van der Waals surface area contributed by atoms with Gasteiger partial charge < -0.3 is 16.0 Å². The summed E-state index contributed by atoms with van der Waals surface area (Å²) >= 11 is 0. The van der Waals surface area contributed by atoms with Crippen LogP contribution in [-0.4, -0.2) is 21.7 Å². The average Bonchev–Trinajstić information content (AvgIpc) is 2.82. The van der Waals surface area contributed by atoms with Crippen molar-refractivity contribution in [2.24, 2.45) is 0 Å². The number of aromatic nitrogens is 2. The third-order valence-corrected chi connectivity index (χ3v) is 5.13. The highest BCUT2D eigenvalue weighted by Gasteiger charge is 2.13. The molecule has 0 saturated carbocycles. The number of benzene rings is 3. The normalized spacial score (nSPS) is 11.5. The summed E-state index contributed by atoms with van der Waals surface area (Å²) in [4.78, 5) is 37.2. The maximum atomic E-state index is 12.5. The molecule has 1 unspecified atom stereocenters. The number of rotatable bonds is 6. The van der Waals surface area contributed by atoms with E-state index in [1.54, 1.807) is 48.7 Å². The molecule has 0 saturated heterocycles. The highest BCUT2D eigenvalue weighted by Crippen LogP contribution is 2.17. The van der Waals surface area contributed by atoms with Crippen molar-refractivity contribution < 1.29 is 9.59 Å². The highest BCUT2D eigenvalue weighted by atomic mass is 16.2. The van der Waals surface area contributed by atoms with Crippen molar-refractivity contribution in [3.8, 4) is 0 Å². The zero-order chi connectivity index (χ0) is 23.2. The summed E-state index contributed by atoms with van der Waals surface area (Å²) in [5.74, 6) is -0.322. The van der Waals surface area contributed by atoms with Gasteiger partial charge in [-0.1, -0.05) is 48.5 Å². The largest absolute Gasteiger partial charge is 0.348 e. The molecule has 1 heterocycles. The highest BCUT2D eigenvalue weighted by molar-refractivity contribution is 5.99. The van der Waals surface area contributed by atoms with Crippen LogP contribution in [-0.2, 0) is 11.3 Å². The number of urea groups is 1. The summed E-state index contributed by atoms with van der Waals surface area (Å²) in [5.41, 5.74) is 1.87. The molecular weight excluding hydrogens is 418 g/mol. The smallest absolute Gasteiger partial charge is 0.323 e. The molecular formula is C25H23N5O3. The Balaban J connectivity index is 1.34. The maximum absolute atomic E-state index is 12.5. The minimum Gasteiger partial charge on any atom is -0.348 e. The third kappa shape index (κ3) is 5.43. The van der Waals surface area contributed by atoms with Crippen LogP contribution in [0.1, 0.15) is 18.5 Å². The molecule has 0 aliphatic heterocycles. The standard InChI is InChI=1S/C25H23N5O3/c1-17(27-23(31)16-30-24(32)22-10-6-5-7-19(22)15-26-30)18-11-13-21(14-12-18)29-25(33)28-20-8-3-2-4-9-20/h2-15,17H,16H2,1H3,(H,27,31)(H2,28,29,33). The zero-order valence-corrected chi connectivity index (χ0v) is 18.0. The van der Waals surface area contributed by atoms with Gasteiger partial charge in [-0.2, -0.15) is 5.10 Å². The average molecular weight is 441 g/mol. The van der Waals surface area contributed by atoms with Gasteiger partial charge in [0.25, 0.3) is 5.56 Å². The van der Waals surface area contributed by atoms with Gasteiger partial charge in [0.1, 0.15) is 6.54 Å². The number of amides is 3. The molecule has 8 heteroatoms. The molecule has 0 fully saturated rings. The van der Waals surface area contributed by atoms with Crippen LogP contribution in [0.25, 0.3) is 10.8 Å². The summed E-state index contributed by atoms with van der Waals surface area (Å²) in [7, 11) is 0. The van der Waals surface area contributed by atoms with Crippen LogP contribution in [0.2, 0.25) is 0 Å². The first-order valence-corrected chi connectivity index (χ1v) is 10.5. The fourth-order valence-corrected chi connectivity index (χ4v) is 3.42. The number of fused-ring (bicyclic) bond motifs is 1. The Hall–Kier alpha value is -4.46. The maximum Gasteiger partial charge on any atom is 0.323 e. The molecule has 166 valence electrons. The Bertz CT molecular complexity index is 1330. The summed E-state index contributed by atoms with van der Waals surface area (Å²) in [6.45, 7) is 1.67. The van der Waals surface area contributed by atoms with Gasteiger partial charge in [-0.25, -0.2) is 9.48 Å². The van der Waals surface area contributed by atoms with E-state index in [0.29, 0.717) is 16.8 Å². The lowest BCUT2D eigenvalue weighted by Gasteiger charge is -2.15. The Labute approximate surface area is 190 Å². The number of carbonyl (C=O) groups excluding carboxylic acids is 2. The Morgan fingerprint density at radius 2 is 1.52 bits per heavy atom. The van der Waals surface area contributed by atoms with Crippen LogP contribution >= 0.6 is 0 Å². The molecule has 8 nitrogen and oxygen atoms in total. The fourth-order valence-electron chi connectivity index (χ4n) is 3.42. The topological polar surface area (TPSA) is 105 Å². The summed E-state index contributed by atoms with van der Waals surface area (Å²) in [6, 6.07) is 22.8. The Morgan fingerprint density at radius 3 is 2.24 bits per heavy atom. The van der Waals surface area contributed by atoms with Crippen molar-refractivity contribution in [3.63, 3.8) is 0 Å². The number of hydrogen-bond donors (Lipinski definition) is 3. The van der Waals surface area contributed by atoms with E-state index in [2.05, 4.69) is 21.0 Å². The molecule has 3 N–H and O–H groups in total. The minimum absolute atomic E-state index is 0.173. The SMILES string of the molecule is CC(NC(=O)Cn1ncc2ccccc2c1=O)c1ccc(NC(=O)Nc2ccccc2)cc1. The zero-order valence-electron chi connectivity index (χ0n) is 18.0. The van der Waals surface area contributed by atoms with Gasteiger partial charge in [-0.05, 0) is 42.8 Å². The molecule has 3 aromatic carbocycles. The van der Waals surface area contributed by atoms with Gasteiger partial charge in [0.05, 0.1) is 17.6 Å². The first kappa shape index (κ1) is 21.8. The molecule has 1 atom stereocenters. The van der Waals surface area contributed by atoms with Gasteiger partial charge in [0.2, 0.25) is 5.91 Å². The monoisotopic (exact) mass is 441 g/mol. The van der Waals surface area contributed by atoms with Crippen LogP contribution in [0, 0.1) is 0 Å². The molecule has 3 amide bonds. The van der Waals surface area contributed by atoms with Crippen molar-refractivity contribution >= 4 is 34.1 Å². The summed E-state index contributed by atoms with van der Waals surface area (Å²) in [6.07, 6.45) is 1.58. The first-order valence-electron chi connectivity index (χ1n) is 10.5. The Kier molecular flexibility index (Phi) is 6.45. The second kappa shape index (κ2) is 9.78. The van der Waals surface area contributed by atoms with Crippen LogP contribution in [0.3, 0.4) is 0 Å². The van der Waals surface area contributed by atoms with Gasteiger partial charge >= 0.3 is 6.03 Å². The quantitative estimate of drug-likeness (QED) is 0.422. The molecule has 0 radical (unpaired) electrons.